The molecule has 17 nitrogen and oxygen atoms in total. The molecule has 0 bridgehead atoms. The molecule has 588 valence electrons. The Balaban J connectivity index is 5.23. The fourth-order valence-corrected chi connectivity index (χ4v) is 13.8. The van der Waals surface area contributed by atoms with E-state index in [0.717, 1.165) is 114 Å². The lowest BCUT2D eigenvalue weighted by Gasteiger charge is -2.21. The van der Waals surface area contributed by atoms with Gasteiger partial charge in [0, 0.05) is 25.7 Å². The number of phosphoric acid groups is 2. The van der Waals surface area contributed by atoms with Crippen molar-refractivity contribution >= 4 is 39.5 Å². The van der Waals surface area contributed by atoms with Crippen LogP contribution in [0.15, 0.2) is 0 Å². The van der Waals surface area contributed by atoms with Crippen LogP contribution in [0.1, 0.15) is 409 Å². The lowest BCUT2D eigenvalue weighted by molar-refractivity contribution is -0.161. The predicted molar refractivity (Wildman–Crippen MR) is 404 cm³/mol. The SMILES string of the molecule is CCC(C)CCCCCCCCCCCCCCCCC(=O)O[C@H](COC(=O)CCCCCCCCC(C)C)COP(=O)(O)OC[C@H](O)COP(=O)(O)OC[C@@H](COC(=O)CCCCCCCCCCCCCCCC(C)C)OC(=O)CCCCCCCCCCCCCCCC(C)C. The minimum absolute atomic E-state index is 0.106. The zero-order valence-corrected chi connectivity index (χ0v) is 66.9. The Bertz CT molecular complexity index is 1940. The number of aliphatic hydroxyl groups excluding tert-OH is 1. The third-order valence-corrected chi connectivity index (χ3v) is 20.8. The molecule has 19 heteroatoms. The molecular weight excluding hydrogens is 1290 g/mol. The minimum atomic E-state index is -4.96. The van der Waals surface area contributed by atoms with Crippen LogP contribution < -0.4 is 0 Å². The summed E-state index contributed by atoms with van der Waals surface area (Å²) in [5, 5.41) is 10.6. The molecule has 0 saturated heterocycles. The summed E-state index contributed by atoms with van der Waals surface area (Å²) in [4.78, 5) is 73.0. The average Bonchev–Trinajstić information content (AvgIpc) is 0.984. The quantitative estimate of drug-likeness (QED) is 0.0222. The van der Waals surface area contributed by atoms with Crippen LogP contribution in [0.4, 0.5) is 0 Å². The number of carbonyl (C=O) groups is 4. The van der Waals surface area contributed by atoms with Crippen molar-refractivity contribution in [1.82, 2.24) is 0 Å². The molecule has 0 aromatic carbocycles. The van der Waals surface area contributed by atoms with Gasteiger partial charge in [0.2, 0.25) is 0 Å². The maximum Gasteiger partial charge on any atom is 0.472 e. The highest BCUT2D eigenvalue weighted by Gasteiger charge is 2.30. The van der Waals surface area contributed by atoms with E-state index in [9.17, 15) is 43.2 Å². The van der Waals surface area contributed by atoms with Crippen molar-refractivity contribution in [2.24, 2.45) is 23.7 Å². The second-order valence-corrected chi connectivity index (χ2v) is 33.4. The summed E-state index contributed by atoms with van der Waals surface area (Å²) >= 11 is 0. The lowest BCUT2D eigenvalue weighted by atomic mass is 9.99. The van der Waals surface area contributed by atoms with Gasteiger partial charge >= 0.3 is 39.5 Å². The van der Waals surface area contributed by atoms with Crippen LogP contribution in [0.5, 0.6) is 0 Å². The first-order valence-electron chi connectivity index (χ1n) is 41.2. The van der Waals surface area contributed by atoms with Crippen molar-refractivity contribution in [1.29, 1.82) is 0 Å². The Labute approximate surface area is 607 Å². The van der Waals surface area contributed by atoms with Crippen molar-refractivity contribution in [3.8, 4) is 0 Å². The number of phosphoric ester groups is 2. The van der Waals surface area contributed by atoms with Gasteiger partial charge in [0.05, 0.1) is 26.4 Å². The third-order valence-electron chi connectivity index (χ3n) is 18.9. The number of hydrogen-bond donors (Lipinski definition) is 3. The van der Waals surface area contributed by atoms with Crippen LogP contribution in [-0.2, 0) is 65.4 Å². The number of carbonyl (C=O) groups excluding carboxylic acids is 4. The monoisotopic (exact) mass is 1450 g/mol. The molecule has 0 aromatic rings. The fraction of sp³-hybridized carbons (Fsp3) is 0.950. The molecule has 0 saturated carbocycles. The Hall–Kier alpha value is -1.94. The van der Waals surface area contributed by atoms with Gasteiger partial charge in [-0.15, -0.1) is 0 Å². The fourth-order valence-electron chi connectivity index (χ4n) is 12.2. The zero-order chi connectivity index (χ0) is 73.1. The Kier molecular flexibility index (Phi) is 67.8. The molecule has 0 aliphatic heterocycles. The summed E-state index contributed by atoms with van der Waals surface area (Å²) in [5.41, 5.74) is 0. The molecule has 0 heterocycles. The third kappa shape index (κ3) is 72.8. The molecule has 0 fully saturated rings. The van der Waals surface area contributed by atoms with Crippen molar-refractivity contribution in [3.05, 3.63) is 0 Å². The molecule has 0 aromatic heterocycles. The topological polar surface area (TPSA) is 237 Å². The number of unbranched alkanes of at least 4 members (excludes halogenated alkanes) is 42. The van der Waals surface area contributed by atoms with E-state index in [1.165, 1.54) is 205 Å². The van der Waals surface area contributed by atoms with Gasteiger partial charge in [0.1, 0.15) is 19.3 Å². The normalized spacial score (nSPS) is 14.3. The predicted octanol–water partition coefficient (Wildman–Crippen LogP) is 23.6. The number of ether oxygens (including phenoxy) is 4. The maximum absolute atomic E-state index is 13.1. The van der Waals surface area contributed by atoms with E-state index < -0.39 is 97.5 Å². The number of hydrogen-bond acceptors (Lipinski definition) is 15. The summed E-state index contributed by atoms with van der Waals surface area (Å²) in [7, 11) is -9.92. The molecule has 0 aliphatic carbocycles. The van der Waals surface area contributed by atoms with Gasteiger partial charge in [-0.05, 0) is 49.4 Å². The van der Waals surface area contributed by atoms with Crippen LogP contribution in [0, 0.1) is 23.7 Å². The molecular formula is C80H156O17P2. The first kappa shape index (κ1) is 97.1. The molecule has 99 heavy (non-hydrogen) atoms. The summed E-state index contributed by atoms with van der Waals surface area (Å²) in [6, 6.07) is 0. The van der Waals surface area contributed by atoms with E-state index in [2.05, 4.69) is 55.4 Å². The van der Waals surface area contributed by atoms with Crippen molar-refractivity contribution in [2.45, 2.75) is 427 Å². The van der Waals surface area contributed by atoms with Gasteiger partial charge in [-0.3, -0.25) is 37.3 Å². The van der Waals surface area contributed by atoms with E-state index in [1.807, 2.05) is 0 Å². The standard InChI is InChI=1S/C80H156O17P2/c1-9-73(8)59-51-43-34-28-22-16-10-11-17-24-30-36-46-54-62-80(85)97-76(67-91-78(83)61-53-45-39-38-42-50-58-72(6)7)69-95-99(88,89)93-65-74(81)64-92-98(86,87)94-68-75(96-79(84)63-55-47-37-31-25-19-13-15-21-27-33-41-49-57-71(4)5)66-90-77(82)60-52-44-35-29-23-18-12-14-20-26-32-40-48-56-70(2)3/h70-76,81H,9-69H2,1-8H3,(H,86,87)(H,88,89)/t73?,74-,75-,76-/m1/s1. The first-order chi connectivity index (χ1) is 47.6. The van der Waals surface area contributed by atoms with Crippen LogP contribution in [0.3, 0.4) is 0 Å². The Morgan fingerprint density at radius 3 is 0.717 bits per heavy atom. The van der Waals surface area contributed by atoms with E-state index >= 15 is 0 Å². The Morgan fingerprint density at radius 2 is 0.485 bits per heavy atom. The van der Waals surface area contributed by atoms with Gasteiger partial charge < -0.3 is 33.8 Å². The largest absolute Gasteiger partial charge is 0.472 e. The molecule has 0 radical (unpaired) electrons. The molecule has 3 N–H and O–H groups in total. The zero-order valence-electron chi connectivity index (χ0n) is 65.1. The Morgan fingerprint density at radius 1 is 0.283 bits per heavy atom. The van der Waals surface area contributed by atoms with E-state index in [4.69, 9.17) is 37.0 Å². The maximum atomic E-state index is 13.1. The van der Waals surface area contributed by atoms with E-state index in [1.54, 1.807) is 0 Å². The van der Waals surface area contributed by atoms with E-state index in [-0.39, 0.29) is 25.7 Å². The highest BCUT2D eigenvalue weighted by Crippen LogP contribution is 2.45. The van der Waals surface area contributed by atoms with Gasteiger partial charge in [-0.2, -0.15) is 0 Å². The van der Waals surface area contributed by atoms with Crippen molar-refractivity contribution in [3.63, 3.8) is 0 Å². The summed E-state index contributed by atoms with van der Waals surface area (Å²) < 4.78 is 68.7. The van der Waals surface area contributed by atoms with Crippen LogP contribution in [-0.4, -0.2) is 96.7 Å². The number of esters is 4. The lowest BCUT2D eigenvalue weighted by Crippen LogP contribution is -2.30. The van der Waals surface area contributed by atoms with Crippen molar-refractivity contribution in [2.75, 3.05) is 39.6 Å². The first-order valence-corrected chi connectivity index (χ1v) is 44.2. The molecule has 6 atom stereocenters. The smallest absolute Gasteiger partial charge is 0.462 e. The molecule has 0 amide bonds. The number of aliphatic hydroxyl groups is 1. The molecule has 0 spiro atoms. The summed E-state index contributed by atoms with van der Waals surface area (Å²) in [6.07, 6.45) is 55.5. The highest BCUT2D eigenvalue weighted by molar-refractivity contribution is 7.47. The highest BCUT2D eigenvalue weighted by atomic mass is 31.2. The molecule has 0 rings (SSSR count). The second-order valence-electron chi connectivity index (χ2n) is 30.5. The van der Waals surface area contributed by atoms with Crippen LogP contribution in [0.2, 0.25) is 0 Å². The summed E-state index contributed by atoms with van der Waals surface area (Å²) in [5.74, 6) is 0.986. The van der Waals surface area contributed by atoms with Gasteiger partial charge in [0.15, 0.2) is 12.2 Å². The van der Waals surface area contributed by atoms with Gasteiger partial charge in [-0.25, -0.2) is 9.13 Å². The van der Waals surface area contributed by atoms with Crippen LogP contribution in [0.25, 0.3) is 0 Å². The number of rotatable bonds is 77. The van der Waals surface area contributed by atoms with E-state index in [0.29, 0.717) is 31.6 Å². The molecule has 3 unspecified atom stereocenters. The minimum Gasteiger partial charge on any atom is -0.462 e. The second kappa shape index (κ2) is 69.1. The van der Waals surface area contributed by atoms with Crippen LogP contribution >= 0.6 is 15.6 Å². The molecule has 0 aliphatic rings. The van der Waals surface area contributed by atoms with Gasteiger partial charge in [0.25, 0.3) is 0 Å². The average molecular weight is 1450 g/mol. The van der Waals surface area contributed by atoms with Crippen molar-refractivity contribution < 1.29 is 80.2 Å². The van der Waals surface area contributed by atoms with Gasteiger partial charge in [-0.1, -0.05) is 357 Å². The summed E-state index contributed by atoms with van der Waals surface area (Å²) in [6.45, 7) is 14.2.